The number of H-pyrrole nitrogens is 1. The van der Waals surface area contributed by atoms with Gasteiger partial charge < -0.3 is 9.88 Å². The smallest absolute Gasteiger partial charge is 0.203 e. The van der Waals surface area contributed by atoms with Crippen LogP contribution in [0.1, 0.15) is 43.7 Å². The van der Waals surface area contributed by atoms with Crippen molar-refractivity contribution in [2.24, 2.45) is 0 Å². The first kappa shape index (κ1) is 11.3. The van der Waals surface area contributed by atoms with E-state index in [2.05, 4.69) is 31.3 Å². The summed E-state index contributed by atoms with van der Waals surface area (Å²) in [5.41, 5.74) is 1.15. The van der Waals surface area contributed by atoms with Gasteiger partial charge in [0, 0.05) is 36.7 Å². The molecule has 96 valence electrons. The van der Waals surface area contributed by atoms with Gasteiger partial charge in [-0.15, -0.1) is 0 Å². The van der Waals surface area contributed by atoms with E-state index in [0.717, 1.165) is 18.1 Å². The van der Waals surface area contributed by atoms with Crippen LogP contribution in [0.5, 0.6) is 0 Å². The van der Waals surface area contributed by atoms with Gasteiger partial charge in [0.2, 0.25) is 5.95 Å². The number of aromatic amines is 1. The lowest BCUT2D eigenvalue weighted by atomic mass is 9.95. The Morgan fingerprint density at radius 1 is 1.33 bits per heavy atom. The third-order valence-corrected chi connectivity index (χ3v) is 3.64. The lowest BCUT2D eigenvalue weighted by Gasteiger charge is -2.24. The van der Waals surface area contributed by atoms with E-state index in [1.807, 2.05) is 18.6 Å². The van der Waals surface area contributed by atoms with Crippen molar-refractivity contribution in [2.45, 2.75) is 44.7 Å². The predicted molar refractivity (Wildman–Crippen MR) is 70.3 cm³/mol. The van der Waals surface area contributed by atoms with Crippen molar-refractivity contribution in [3.05, 3.63) is 30.4 Å². The first-order valence-corrected chi connectivity index (χ1v) is 6.68. The van der Waals surface area contributed by atoms with Gasteiger partial charge in [-0.1, -0.05) is 19.3 Å². The Balaban J connectivity index is 1.67. The summed E-state index contributed by atoms with van der Waals surface area (Å²) < 4.78 is 2.29. The summed E-state index contributed by atoms with van der Waals surface area (Å²) in [4.78, 5) is 4.41. The molecular weight excluding hydrogens is 226 g/mol. The molecule has 0 spiro atoms. The molecule has 1 aliphatic carbocycles. The number of anilines is 1. The van der Waals surface area contributed by atoms with Crippen molar-refractivity contribution in [1.82, 2.24) is 19.7 Å². The van der Waals surface area contributed by atoms with Gasteiger partial charge in [0.15, 0.2) is 0 Å². The average molecular weight is 245 g/mol. The molecule has 5 nitrogen and oxygen atoms in total. The SMILES string of the molecule is c1cn(C2CCCCC2)c(NCc2cn[nH]c2)n1. The molecule has 2 aromatic heterocycles. The second-order valence-electron chi connectivity index (χ2n) is 4.91. The van der Waals surface area contributed by atoms with Gasteiger partial charge in [-0.05, 0) is 12.8 Å². The molecular formula is C13H19N5. The molecule has 0 aliphatic heterocycles. The summed E-state index contributed by atoms with van der Waals surface area (Å²) in [5.74, 6) is 0.975. The molecule has 0 aromatic carbocycles. The van der Waals surface area contributed by atoms with Gasteiger partial charge in [0.25, 0.3) is 0 Å². The van der Waals surface area contributed by atoms with E-state index in [-0.39, 0.29) is 0 Å². The molecule has 0 atom stereocenters. The number of rotatable bonds is 4. The van der Waals surface area contributed by atoms with Crippen molar-refractivity contribution < 1.29 is 0 Å². The number of nitrogens with zero attached hydrogens (tertiary/aromatic N) is 3. The summed E-state index contributed by atoms with van der Waals surface area (Å²) in [6.07, 6.45) is 14.3. The van der Waals surface area contributed by atoms with Crippen LogP contribution in [0.15, 0.2) is 24.8 Å². The van der Waals surface area contributed by atoms with Gasteiger partial charge in [0.1, 0.15) is 0 Å². The fraction of sp³-hybridized carbons (Fsp3) is 0.538. The minimum Gasteiger partial charge on any atom is -0.351 e. The predicted octanol–water partition coefficient (Wildman–Crippen LogP) is 2.72. The lowest BCUT2D eigenvalue weighted by molar-refractivity contribution is 0.356. The van der Waals surface area contributed by atoms with E-state index < -0.39 is 0 Å². The van der Waals surface area contributed by atoms with Gasteiger partial charge in [-0.25, -0.2) is 4.98 Å². The van der Waals surface area contributed by atoms with Crippen molar-refractivity contribution in [2.75, 3.05) is 5.32 Å². The highest BCUT2D eigenvalue weighted by Crippen LogP contribution is 2.30. The molecule has 0 radical (unpaired) electrons. The monoisotopic (exact) mass is 245 g/mol. The molecule has 5 heteroatoms. The minimum absolute atomic E-state index is 0.619. The first-order chi connectivity index (χ1) is 8.93. The van der Waals surface area contributed by atoms with Crippen molar-refractivity contribution in [3.63, 3.8) is 0 Å². The molecule has 0 unspecified atom stereocenters. The quantitative estimate of drug-likeness (QED) is 0.870. The molecule has 0 saturated heterocycles. The van der Waals surface area contributed by atoms with Crippen LogP contribution in [0, 0.1) is 0 Å². The maximum absolute atomic E-state index is 4.41. The van der Waals surface area contributed by atoms with Crippen molar-refractivity contribution in [1.29, 1.82) is 0 Å². The Morgan fingerprint density at radius 3 is 3.00 bits per heavy atom. The Bertz CT molecular complexity index is 467. The number of imidazole rings is 1. The van der Waals surface area contributed by atoms with Crippen LogP contribution in [0.2, 0.25) is 0 Å². The van der Waals surface area contributed by atoms with Crippen LogP contribution in [-0.4, -0.2) is 19.7 Å². The Hall–Kier alpha value is -1.78. The second kappa shape index (κ2) is 5.25. The lowest BCUT2D eigenvalue weighted by Crippen LogP contribution is -2.15. The summed E-state index contributed by atoms with van der Waals surface area (Å²) in [7, 11) is 0. The summed E-state index contributed by atoms with van der Waals surface area (Å²) in [6.45, 7) is 0.764. The van der Waals surface area contributed by atoms with Crippen LogP contribution in [0.25, 0.3) is 0 Å². The molecule has 1 aliphatic rings. The largest absolute Gasteiger partial charge is 0.351 e. The molecule has 3 rings (SSSR count). The standard InChI is InChI=1S/C13H19N5/c1-2-4-12(5-3-1)18-7-6-14-13(18)15-8-11-9-16-17-10-11/h6-7,9-10,12H,1-5,8H2,(H,14,15)(H,16,17). The van der Waals surface area contributed by atoms with E-state index in [1.165, 1.54) is 32.1 Å². The first-order valence-electron chi connectivity index (χ1n) is 6.68. The van der Waals surface area contributed by atoms with Gasteiger partial charge in [-0.3, -0.25) is 5.10 Å². The third kappa shape index (κ3) is 2.39. The third-order valence-electron chi connectivity index (χ3n) is 3.64. The van der Waals surface area contributed by atoms with Gasteiger partial charge >= 0.3 is 0 Å². The van der Waals surface area contributed by atoms with Crippen LogP contribution < -0.4 is 5.32 Å². The maximum atomic E-state index is 4.41. The topological polar surface area (TPSA) is 58.5 Å². The average Bonchev–Trinajstić information content (AvgIpc) is 3.09. The van der Waals surface area contributed by atoms with E-state index in [1.54, 1.807) is 0 Å². The molecule has 0 amide bonds. The molecule has 2 heterocycles. The number of hydrogen-bond acceptors (Lipinski definition) is 3. The summed E-state index contributed by atoms with van der Waals surface area (Å²) in [6, 6.07) is 0.619. The van der Waals surface area contributed by atoms with Gasteiger partial charge in [0.05, 0.1) is 6.20 Å². The van der Waals surface area contributed by atoms with E-state index in [9.17, 15) is 0 Å². The van der Waals surface area contributed by atoms with Crippen molar-refractivity contribution in [3.8, 4) is 0 Å². The van der Waals surface area contributed by atoms with E-state index in [0.29, 0.717) is 6.04 Å². The molecule has 18 heavy (non-hydrogen) atoms. The molecule has 0 bridgehead atoms. The van der Waals surface area contributed by atoms with Crippen molar-refractivity contribution >= 4 is 5.95 Å². The zero-order valence-electron chi connectivity index (χ0n) is 10.5. The number of hydrogen-bond donors (Lipinski definition) is 2. The number of nitrogens with one attached hydrogen (secondary N) is 2. The van der Waals surface area contributed by atoms with Gasteiger partial charge in [-0.2, -0.15) is 5.10 Å². The van der Waals surface area contributed by atoms with Crippen LogP contribution in [0.4, 0.5) is 5.95 Å². The summed E-state index contributed by atoms with van der Waals surface area (Å²) >= 11 is 0. The van der Waals surface area contributed by atoms with Crippen LogP contribution in [-0.2, 0) is 6.54 Å². The Morgan fingerprint density at radius 2 is 2.22 bits per heavy atom. The summed E-state index contributed by atoms with van der Waals surface area (Å²) in [5, 5.41) is 10.1. The molecule has 1 fully saturated rings. The molecule has 2 aromatic rings. The highest BCUT2D eigenvalue weighted by atomic mass is 15.2. The maximum Gasteiger partial charge on any atom is 0.203 e. The highest BCUT2D eigenvalue weighted by Gasteiger charge is 2.17. The minimum atomic E-state index is 0.619. The van der Waals surface area contributed by atoms with Crippen LogP contribution >= 0.6 is 0 Å². The highest BCUT2D eigenvalue weighted by molar-refractivity contribution is 5.28. The zero-order valence-corrected chi connectivity index (χ0v) is 10.5. The normalized spacial score (nSPS) is 16.9. The molecule has 1 saturated carbocycles. The Labute approximate surface area is 107 Å². The zero-order chi connectivity index (χ0) is 12.2. The fourth-order valence-electron chi connectivity index (χ4n) is 2.66. The molecule has 2 N–H and O–H groups in total. The van der Waals surface area contributed by atoms with Crippen LogP contribution in [0.3, 0.4) is 0 Å². The fourth-order valence-corrected chi connectivity index (χ4v) is 2.66. The number of aromatic nitrogens is 4. The van der Waals surface area contributed by atoms with E-state index >= 15 is 0 Å². The Kier molecular flexibility index (Phi) is 3.30. The van der Waals surface area contributed by atoms with E-state index in [4.69, 9.17) is 0 Å². The second-order valence-corrected chi connectivity index (χ2v) is 4.91.